The quantitative estimate of drug-likeness (QED) is 0.714. The van der Waals surface area contributed by atoms with E-state index in [2.05, 4.69) is 10.4 Å². The third kappa shape index (κ3) is 1.50. The van der Waals surface area contributed by atoms with Crippen LogP contribution in [0.15, 0.2) is 12.4 Å². The zero-order chi connectivity index (χ0) is 7.68. The summed E-state index contributed by atoms with van der Waals surface area (Å²) in [4.78, 5) is 0. The van der Waals surface area contributed by atoms with E-state index in [0.29, 0.717) is 6.04 Å². The number of nitrogens with one attached hydrogen (secondary N) is 1. The second kappa shape index (κ2) is 2.77. The molecule has 2 heterocycles. The number of rotatable bonds is 2. The zero-order valence-corrected chi connectivity index (χ0v) is 7.27. The summed E-state index contributed by atoms with van der Waals surface area (Å²) in [6.45, 7) is 0. The van der Waals surface area contributed by atoms with Crippen molar-refractivity contribution in [3.8, 4) is 0 Å². The molecule has 0 radical (unpaired) electrons. The lowest BCUT2D eigenvalue weighted by Crippen LogP contribution is -2.32. The number of hydrogen-bond donors (Lipinski definition) is 1. The van der Waals surface area contributed by atoms with Crippen LogP contribution in [0.4, 0.5) is 5.69 Å². The molecule has 1 N–H and O–H groups in total. The molecule has 11 heavy (non-hydrogen) atoms. The predicted molar refractivity (Wildman–Crippen MR) is 47.9 cm³/mol. The minimum Gasteiger partial charge on any atom is -0.378 e. The lowest BCUT2D eigenvalue weighted by Gasteiger charge is -2.25. The fourth-order valence-electron chi connectivity index (χ4n) is 1.05. The van der Waals surface area contributed by atoms with Crippen LogP contribution in [0.5, 0.6) is 0 Å². The molecule has 0 unspecified atom stereocenters. The van der Waals surface area contributed by atoms with Gasteiger partial charge in [0, 0.05) is 30.8 Å². The Bertz CT molecular complexity index is 242. The third-order valence-electron chi connectivity index (χ3n) is 1.71. The maximum Gasteiger partial charge on any atom is 0.0729 e. The summed E-state index contributed by atoms with van der Waals surface area (Å²) in [5.41, 5.74) is 1.14. The summed E-state index contributed by atoms with van der Waals surface area (Å²) in [5.74, 6) is 2.46. The van der Waals surface area contributed by atoms with E-state index in [1.165, 1.54) is 11.5 Å². The van der Waals surface area contributed by atoms with E-state index < -0.39 is 0 Å². The highest BCUT2D eigenvalue weighted by Crippen LogP contribution is 2.21. The average Bonchev–Trinajstić information content (AvgIpc) is 2.27. The van der Waals surface area contributed by atoms with Gasteiger partial charge in [0.25, 0.3) is 0 Å². The maximum absolute atomic E-state index is 4.08. The largest absolute Gasteiger partial charge is 0.378 e. The van der Waals surface area contributed by atoms with E-state index in [-0.39, 0.29) is 0 Å². The van der Waals surface area contributed by atoms with E-state index in [0.717, 1.165) is 5.69 Å². The zero-order valence-electron chi connectivity index (χ0n) is 6.45. The van der Waals surface area contributed by atoms with Gasteiger partial charge in [-0.05, 0) is 0 Å². The van der Waals surface area contributed by atoms with Crippen LogP contribution in [-0.2, 0) is 7.05 Å². The molecule has 1 aromatic rings. The molecule has 3 nitrogen and oxygen atoms in total. The first-order valence-corrected chi connectivity index (χ1v) is 4.83. The summed E-state index contributed by atoms with van der Waals surface area (Å²) in [7, 11) is 1.93. The van der Waals surface area contributed by atoms with Gasteiger partial charge in [-0.1, -0.05) is 0 Å². The summed E-state index contributed by atoms with van der Waals surface area (Å²) < 4.78 is 1.81. The molecule has 0 saturated carbocycles. The van der Waals surface area contributed by atoms with Crippen molar-refractivity contribution in [1.82, 2.24) is 9.78 Å². The van der Waals surface area contributed by atoms with E-state index in [1.807, 2.05) is 35.9 Å². The lowest BCUT2D eigenvalue weighted by atomic mass is 10.3. The van der Waals surface area contributed by atoms with Crippen LogP contribution in [0.1, 0.15) is 0 Å². The van der Waals surface area contributed by atoms with Gasteiger partial charge < -0.3 is 5.32 Å². The average molecular weight is 169 g/mol. The molecular formula is C7H11N3S. The van der Waals surface area contributed by atoms with Crippen LogP contribution in [0, 0.1) is 0 Å². The standard InChI is InChI=1S/C7H11N3S/c1-10-3-6(2-8-10)9-7-4-11-5-7/h2-3,7,9H,4-5H2,1H3. The SMILES string of the molecule is Cn1cc(NC2CSC2)cn1. The summed E-state index contributed by atoms with van der Waals surface area (Å²) in [5, 5.41) is 7.47. The van der Waals surface area contributed by atoms with Crippen molar-refractivity contribution in [2.24, 2.45) is 7.05 Å². The number of nitrogens with zero attached hydrogens (tertiary/aromatic N) is 2. The van der Waals surface area contributed by atoms with Gasteiger partial charge in [0.15, 0.2) is 0 Å². The van der Waals surface area contributed by atoms with Gasteiger partial charge in [-0.3, -0.25) is 4.68 Å². The molecule has 4 heteroatoms. The number of aromatic nitrogens is 2. The molecule has 0 spiro atoms. The Morgan fingerprint density at radius 2 is 2.55 bits per heavy atom. The first kappa shape index (κ1) is 7.03. The maximum atomic E-state index is 4.08. The molecule has 60 valence electrons. The molecule has 1 aliphatic heterocycles. The van der Waals surface area contributed by atoms with Gasteiger partial charge in [-0.25, -0.2) is 0 Å². The molecule has 2 rings (SSSR count). The van der Waals surface area contributed by atoms with Gasteiger partial charge in [0.05, 0.1) is 11.9 Å². The minimum atomic E-state index is 0.671. The topological polar surface area (TPSA) is 29.9 Å². The van der Waals surface area contributed by atoms with E-state index in [4.69, 9.17) is 0 Å². The van der Waals surface area contributed by atoms with Crippen LogP contribution in [-0.4, -0.2) is 27.3 Å². The van der Waals surface area contributed by atoms with Crippen LogP contribution < -0.4 is 5.32 Å². The molecule has 0 atom stereocenters. The monoisotopic (exact) mass is 169 g/mol. The van der Waals surface area contributed by atoms with Crippen molar-refractivity contribution < 1.29 is 0 Å². The van der Waals surface area contributed by atoms with Crippen LogP contribution in [0.25, 0.3) is 0 Å². The number of thioether (sulfide) groups is 1. The fourth-order valence-corrected chi connectivity index (χ4v) is 1.69. The molecule has 1 fully saturated rings. The molecule has 0 aliphatic carbocycles. The van der Waals surface area contributed by atoms with Crippen molar-refractivity contribution >= 4 is 17.4 Å². The van der Waals surface area contributed by atoms with E-state index in [9.17, 15) is 0 Å². The Morgan fingerprint density at radius 1 is 1.73 bits per heavy atom. The van der Waals surface area contributed by atoms with Crippen molar-refractivity contribution in [2.75, 3.05) is 16.8 Å². The van der Waals surface area contributed by atoms with Gasteiger partial charge in [0.1, 0.15) is 0 Å². The summed E-state index contributed by atoms with van der Waals surface area (Å²) in [6, 6.07) is 0.671. The second-order valence-electron chi connectivity index (χ2n) is 2.78. The van der Waals surface area contributed by atoms with Crippen molar-refractivity contribution in [3.05, 3.63) is 12.4 Å². The molecule has 1 aromatic heterocycles. The Balaban J connectivity index is 1.95. The van der Waals surface area contributed by atoms with Crippen molar-refractivity contribution in [3.63, 3.8) is 0 Å². The van der Waals surface area contributed by atoms with Crippen molar-refractivity contribution in [2.45, 2.75) is 6.04 Å². The lowest BCUT2D eigenvalue weighted by molar-refractivity contribution is 0.767. The van der Waals surface area contributed by atoms with Crippen molar-refractivity contribution in [1.29, 1.82) is 0 Å². The van der Waals surface area contributed by atoms with Crippen LogP contribution in [0.3, 0.4) is 0 Å². The Labute approximate surface area is 70.2 Å². The molecular weight excluding hydrogens is 158 g/mol. The molecule has 0 aromatic carbocycles. The van der Waals surface area contributed by atoms with Gasteiger partial charge in [0.2, 0.25) is 0 Å². The van der Waals surface area contributed by atoms with E-state index in [1.54, 1.807) is 0 Å². The minimum absolute atomic E-state index is 0.671. The number of anilines is 1. The summed E-state index contributed by atoms with van der Waals surface area (Å²) in [6.07, 6.45) is 3.87. The Morgan fingerprint density at radius 3 is 3.00 bits per heavy atom. The fraction of sp³-hybridized carbons (Fsp3) is 0.571. The predicted octanol–water partition coefficient (Wildman–Crippen LogP) is 0.947. The van der Waals surface area contributed by atoms with Gasteiger partial charge in [-0.15, -0.1) is 0 Å². The first-order valence-electron chi connectivity index (χ1n) is 3.67. The Kier molecular flexibility index (Phi) is 1.77. The smallest absolute Gasteiger partial charge is 0.0729 e. The number of aryl methyl sites for hydroxylation is 1. The highest BCUT2D eigenvalue weighted by atomic mass is 32.2. The molecule has 1 aliphatic rings. The van der Waals surface area contributed by atoms with E-state index >= 15 is 0 Å². The third-order valence-corrected chi connectivity index (χ3v) is 2.99. The van der Waals surface area contributed by atoms with Crippen LogP contribution in [0.2, 0.25) is 0 Å². The molecule has 1 saturated heterocycles. The van der Waals surface area contributed by atoms with Gasteiger partial charge in [-0.2, -0.15) is 16.9 Å². The molecule has 0 bridgehead atoms. The second-order valence-corrected chi connectivity index (χ2v) is 3.86. The number of hydrogen-bond acceptors (Lipinski definition) is 3. The highest BCUT2D eigenvalue weighted by Gasteiger charge is 2.17. The first-order chi connectivity index (χ1) is 5.34. The normalized spacial score (nSPS) is 17.9. The highest BCUT2D eigenvalue weighted by molar-refractivity contribution is 8.00. The Hall–Kier alpha value is -0.640. The molecule has 0 amide bonds. The van der Waals surface area contributed by atoms with Crippen LogP contribution >= 0.6 is 11.8 Å². The summed E-state index contributed by atoms with van der Waals surface area (Å²) >= 11 is 1.98. The van der Waals surface area contributed by atoms with Gasteiger partial charge >= 0.3 is 0 Å².